The molecule has 0 amide bonds. The number of hydrogen-bond acceptors (Lipinski definition) is 7. The molecule has 1 aliphatic rings. The van der Waals surface area contributed by atoms with Gasteiger partial charge in [0.25, 0.3) is 0 Å². The van der Waals surface area contributed by atoms with Crippen molar-refractivity contribution in [2.45, 2.75) is 19.4 Å². The first kappa shape index (κ1) is 12.8. The predicted molar refractivity (Wildman–Crippen MR) is 67.6 cm³/mol. The maximum atomic E-state index is 5.64. The lowest BCUT2D eigenvalue weighted by molar-refractivity contribution is 0.0494. The third-order valence-corrected chi connectivity index (χ3v) is 3.28. The molecule has 100 valence electrons. The summed E-state index contributed by atoms with van der Waals surface area (Å²) in [6, 6.07) is 0.241. The Morgan fingerprint density at radius 1 is 1.28 bits per heavy atom. The Bertz CT molecular complexity index is 414. The summed E-state index contributed by atoms with van der Waals surface area (Å²) in [5, 5.41) is 0. The van der Waals surface area contributed by atoms with Gasteiger partial charge in [-0.1, -0.05) is 6.92 Å². The minimum Gasteiger partial charge on any atom is -0.467 e. The van der Waals surface area contributed by atoms with Crippen LogP contribution in [0.5, 0.6) is 6.01 Å². The molecule has 0 spiro atoms. The molecular weight excluding hydrogens is 234 g/mol. The van der Waals surface area contributed by atoms with Crippen LogP contribution in [0.4, 0.5) is 11.9 Å². The molecule has 2 atom stereocenters. The fraction of sp³-hybridized carbons (Fsp3) is 0.727. The monoisotopic (exact) mass is 253 g/mol. The summed E-state index contributed by atoms with van der Waals surface area (Å²) in [6.45, 7) is 3.83. The molecule has 18 heavy (non-hydrogen) atoms. The lowest BCUT2D eigenvalue weighted by atomic mass is 9.96. The van der Waals surface area contributed by atoms with Crippen LogP contribution in [0, 0.1) is 5.92 Å². The van der Waals surface area contributed by atoms with Crippen LogP contribution < -0.4 is 15.4 Å². The van der Waals surface area contributed by atoms with Crippen LogP contribution in [0.15, 0.2) is 0 Å². The fourth-order valence-electron chi connectivity index (χ4n) is 2.12. The molecule has 1 aromatic heterocycles. The Hall–Kier alpha value is -1.63. The van der Waals surface area contributed by atoms with Crippen molar-refractivity contribution in [1.29, 1.82) is 0 Å². The van der Waals surface area contributed by atoms with Gasteiger partial charge in [0.2, 0.25) is 11.9 Å². The number of hydrogen-bond donors (Lipinski definition) is 1. The van der Waals surface area contributed by atoms with Gasteiger partial charge in [0.15, 0.2) is 0 Å². The van der Waals surface area contributed by atoms with E-state index in [9.17, 15) is 0 Å². The third kappa shape index (κ3) is 2.61. The van der Waals surface area contributed by atoms with E-state index in [0.717, 1.165) is 19.5 Å². The molecule has 2 N–H and O–H groups in total. The zero-order chi connectivity index (χ0) is 13.1. The lowest BCUT2D eigenvalue weighted by Crippen LogP contribution is -2.44. The number of rotatable bonds is 3. The van der Waals surface area contributed by atoms with Crippen LogP contribution in [0.2, 0.25) is 0 Å². The highest BCUT2D eigenvalue weighted by molar-refractivity contribution is 5.36. The smallest absolute Gasteiger partial charge is 0.322 e. The van der Waals surface area contributed by atoms with E-state index in [-0.39, 0.29) is 18.1 Å². The molecular formula is C11H19N5O2. The van der Waals surface area contributed by atoms with Gasteiger partial charge in [-0.25, -0.2) is 0 Å². The molecule has 2 rings (SSSR count). The Balaban J connectivity index is 2.18. The van der Waals surface area contributed by atoms with Crippen molar-refractivity contribution in [3.05, 3.63) is 0 Å². The van der Waals surface area contributed by atoms with E-state index < -0.39 is 0 Å². The van der Waals surface area contributed by atoms with E-state index in [2.05, 4.69) is 26.8 Å². The van der Waals surface area contributed by atoms with E-state index in [0.29, 0.717) is 11.9 Å². The van der Waals surface area contributed by atoms with Gasteiger partial charge in [-0.3, -0.25) is 0 Å². The van der Waals surface area contributed by atoms with Crippen molar-refractivity contribution in [1.82, 2.24) is 15.0 Å². The molecule has 1 fully saturated rings. The topological polar surface area (TPSA) is 86.4 Å². The summed E-state index contributed by atoms with van der Waals surface area (Å²) in [7, 11) is 3.24. The largest absolute Gasteiger partial charge is 0.467 e. The highest BCUT2D eigenvalue weighted by atomic mass is 16.5. The van der Waals surface area contributed by atoms with Crippen LogP contribution in [-0.4, -0.2) is 48.4 Å². The van der Waals surface area contributed by atoms with Crippen molar-refractivity contribution in [2.75, 3.05) is 37.9 Å². The average molecular weight is 253 g/mol. The molecule has 1 aromatic rings. The normalized spacial score (nSPS) is 24.1. The second kappa shape index (κ2) is 5.34. The summed E-state index contributed by atoms with van der Waals surface area (Å²) in [6.07, 6.45) is 1.22. The van der Waals surface area contributed by atoms with Gasteiger partial charge in [0.05, 0.1) is 13.2 Å². The molecule has 1 saturated heterocycles. The average Bonchev–Trinajstić information content (AvgIpc) is 2.38. The van der Waals surface area contributed by atoms with Crippen molar-refractivity contribution in [2.24, 2.45) is 5.92 Å². The van der Waals surface area contributed by atoms with Crippen LogP contribution in [-0.2, 0) is 4.74 Å². The highest BCUT2D eigenvalue weighted by Gasteiger charge is 2.27. The number of methoxy groups -OCH3 is 2. The Morgan fingerprint density at radius 2 is 2.06 bits per heavy atom. The quantitative estimate of drug-likeness (QED) is 0.830. The molecule has 7 nitrogen and oxygen atoms in total. The van der Waals surface area contributed by atoms with Gasteiger partial charge in [-0.15, -0.1) is 0 Å². The first-order valence-electron chi connectivity index (χ1n) is 5.97. The van der Waals surface area contributed by atoms with Crippen LogP contribution in [0.3, 0.4) is 0 Å². The molecule has 0 saturated carbocycles. The van der Waals surface area contributed by atoms with E-state index in [4.69, 9.17) is 15.2 Å². The van der Waals surface area contributed by atoms with Gasteiger partial charge in [-0.2, -0.15) is 15.0 Å². The molecule has 0 bridgehead atoms. The lowest BCUT2D eigenvalue weighted by Gasteiger charge is -2.36. The zero-order valence-corrected chi connectivity index (χ0v) is 11.0. The number of nitrogen functional groups attached to an aromatic ring is 1. The van der Waals surface area contributed by atoms with Gasteiger partial charge >= 0.3 is 6.01 Å². The van der Waals surface area contributed by atoms with Crippen molar-refractivity contribution >= 4 is 11.9 Å². The van der Waals surface area contributed by atoms with E-state index >= 15 is 0 Å². The van der Waals surface area contributed by atoms with E-state index in [1.807, 2.05) is 0 Å². The summed E-state index contributed by atoms with van der Waals surface area (Å²) in [4.78, 5) is 14.3. The SMILES string of the molecule is COc1nc(N)nc(N2CCC(C)C(OC)C2)n1. The minimum absolute atomic E-state index is 0.171. The third-order valence-electron chi connectivity index (χ3n) is 3.28. The Labute approximate surface area is 106 Å². The predicted octanol–water partition coefficient (Wildman–Crippen LogP) is 0.324. The van der Waals surface area contributed by atoms with Crippen molar-refractivity contribution < 1.29 is 9.47 Å². The number of piperidine rings is 1. The van der Waals surface area contributed by atoms with Gasteiger partial charge in [0.1, 0.15) is 0 Å². The second-order valence-corrected chi connectivity index (χ2v) is 4.47. The number of nitrogens with zero attached hydrogens (tertiary/aromatic N) is 4. The van der Waals surface area contributed by atoms with E-state index in [1.54, 1.807) is 7.11 Å². The van der Waals surface area contributed by atoms with Gasteiger partial charge in [-0.05, 0) is 12.3 Å². The molecule has 0 radical (unpaired) electrons. The van der Waals surface area contributed by atoms with Crippen molar-refractivity contribution in [3.8, 4) is 6.01 Å². The standard InChI is InChI=1S/C11H19N5O2/c1-7-4-5-16(6-8(7)17-2)10-13-9(12)14-11(15-10)18-3/h7-8H,4-6H2,1-3H3,(H2,12,13,14,15). The summed E-state index contributed by atoms with van der Waals surface area (Å²) in [5.41, 5.74) is 5.64. The van der Waals surface area contributed by atoms with Gasteiger partial charge in [0, 0.05) is 20.2 Å². The number of nitrogens with two attached hydrogens (primary N) is 1. The molecule has 0 aliphatic carbocycles. The molecule has 2 heterocycles. The first-order chi connectivity index (χ1) is 8.63. The summed E-state index contributed by atoms with van der Waals surface area (Å²) >= 11 is 0. The van der Waals surface area contributed by atoms with Crippen LogP contribution in [0.25, 0.3) is 0 Å². The molecule has 2 unspecified atom stereocenters. The fourth-order valence-corrected chi connectivity index (χ4v) is 2.12. The number of ether oxygens (including phenoxy) is 2. The molecule has 1 aliphatic heterocycles. The zero-order valence-electron chi connectivity index (χ0n) is 11.0. The van der Waals surface area contributed by atoms with Crippen molar-refractivity contribution in [3.63, 3.8) is 0 Å². The minimum atomic E-state index is 0.171. The van der Waals surface area contributed by atoms with Crippen LogP contribution in [0.1, 0.15) is 13.3 Å². The molecule has 7 heteroatoms. The Morgan fingerprint density at radius 3 is 2.72 bits per heavy atom. The maximum Gasteiger partial charge on any atom is 0.322 e. The second-order valence-electron chi connectivity index (χ2n) is 4.47. The molecule has 0 aromatic carbocycles. The van der Waals surface area contributed by atoms with Crippen LogP contribution >= 0.6 is 0 Å². The summed E-state index contributed by atoms with van der Waals surface area (Å²) < 4.78 is 10.5. The number of aromatic nitrogens is 3. The van der Waals surface area contributed by atoms with Gasteiger partial charge < -0.3 is 20.1 Å². The summed E-state index contributed by atoms with van der Waals surface area (Å²) in [5.74, 6) is 1.25. The maximum absolute atomic E-state index is 5.64. The van der Waals surface area contributed by atoms with E-state index in [1.165, 1.54) is 7.11 Å². The number of anilines is 2. The first-order valence-corrected chi connectivity index (χ1v) is 5.97. The highest BCUT2D eigenvalue weighted by Crippen LogP contribution is 2.23. The Kier molecular flexibility index (Phi) is 3.81.